The van der Waals surface area contributed by atoms with Gasteiger partial charge in [0.2, 0.25) is 0 Å². The van der Waals surface area contributed by atoms with Crippen LogP contribution in [0, 0.1) is 6.92 Å². The van der Waals surface area contributed by atoms with Gasteiger partial charge in [0.15, 0.2) is 0 Å². The molecule has 0 saturated carbocycles. The zero-order valence-electron chi connectivity index (χ0n) is 18.8. The minimum Gasteiger partial charge on any atom is -0.494 e. The Kier molecular flexibility index (Phi) is 7.49. The minimum atomic E-state index is 0.642. The standard InChI is InChI=1S/C25H29N5O/c1-6-7-19(10-9-18(3)26-4)15-28-25-21-12-20(22-11-8-17(2)14-27-22)13-23(31-5)24(21)29-16-30-25/h7-14,16H,6,15H2,1-5H3,(H,28,29,30)/b10-9-,19-7-,26-18?. The number of methoxy groups -OCH3 is 1. The van der Waals surface area contributed by atoms with Crippen molar-refractivity contribution in [2.45, 2.75) is 27.2 Å². The van der Waals surface area contributed by atoms with Gasteiger partial charge in [0.05, 0.1) is 12.8 Å². The molecule has 6 heteroatoms. The molecule has 0 bridgehead atoms. The van der Waals surface area contributed by atoms with Crippen LogP contribution < -0.4 is 10.1 Å². The third-order valence-electron chi connectivity index (χ3n) is 4.95. The monoisotopic (exact) mass is 415 g/mol. The van der Waals surface area contributed by atoms with E-state index in [1.807, 2.05) is 38.3 Å². The Hall–Kier alpha value is -3.54. The number of anilines is 1. The van der Waals surface area contributed by atoms with Crippen molar-refractivity contribution in [1.29, 1.82) is 0 Å². The number of pyridine rings is 1. The summed E-state index contributed by atoms with van der Waals surface area (Å²) in [5.41, 5.74) is 5.87. The molecule has 3 aromatic rings. The molecule has 0 atom stereocenters. The summed E-state index contributed by atoms with van der Waals surface area (Å²) in [5.74, 6) is 1.45. The Morgan fingerprint density at radius 3 is 2.68 bits per heavy atom. The van der Waals surface area contributed by atoms with Gasteiger partial charge in [-0.3, -0.25) is 9.98 Å². The number of nitrogens with zero attached hydrogens (tertiary/aromatic N) is 4. The molecular formula is C25H29N5O. The van der Waals surface area contributed by atoms with Gasteiger partial charge in [-0.2, -0.15) is 0 Å². The summed E-state index contributed by atoms with van der Waals surface area (Å²) in [7, 11) is 3.45. The molecular weight excluding hydrogens is 386 g/mol. The van der Waals surface area contributed by atoms with Crippen LogP contribution >= 0.6 is 0 Å². The van der Waals surface area contributed by atoms with Crippen LogP contribution in [0.5, 0.6) is 5.75 Å². The number of aromatic nitrogens is 3. The lowest BCUT2D eigenvalue weighted by molar-refractivity contribution is 0.419. The number of aryl methyl sites for hydroxylation is 1. The molecule has 2 heterocycles. The topological polar surface area (TPSA) is 72.3 Å². The largest absolute Gasteiger partial charge is 0.494 e. The molecule has 1 N–H and O–H groups in total. The number of nitrogens with one attached hydrogen (secondary N) is 1. The summed E-state index contributed by atoms with van der Waals surface area (Å²) in [4.78, 5) is 17.7. The van der Waals surface area contributed by atoms with Gasteiger partial charge in [0.1, 0.15) is 23.4 Å². The molecule has 160 valence electrons. The molecule has 0 spiro atoms. The predicted octanol–water partition coefficient (Wildman–Crippen LogP) is 5.40. The van der Waals surface area contributed by atoms with Crippen LogP contribution in [-0.2, 0) is 0 Å². The molecule has 0 aliphatic carbocycles. The fourth-order valence-electron chi connectivity index (χ4n) is 3.17. The number of hydrogen-bond acceptors (Lipinski definition) is 6. The van der Waals surface area contributed by atoms with Crippen molar-refractivity contribution in [2.24, 2.45) is 4.99 Å². The Balaban J connectivity index is 1.98. The van der Waals surface area contributed by atoms with Crippen LogP contribution in [0.15, 0.2) is 65.6 Å². The molecule has 6 nitrogen and oxygen atoms in total. The van der Waals surface area contributed by atoms with E-state index in [1.54, 1.807) is 20.5 Å². The summed E-state index contributed by atoms with van der Waals surface area (Å²) in [6.07, 6.45) is 10.7. The van der Waals surface area contributed by atoms with E-state index >= 15 is 0 Å². The minimum absolute atomic E-state index is 0.642. The number of ether oxygens (including phenoxy) is 1. The van der Waals surface area contributed by atoms with E-state index < -0.39 is 0 Å². The van der Waals surface area contributed by atoms with Crippen molar-refractivity contribution in [3.05, 3.63) is 66.2 Å². The molecule has 31 heavy (non-hydrogen) atoms. The molecule has 0 amide bonds. The third kappa shape index (κ3) is 5.54. The maximum atomic E-state index is 5.63. The average Bonchev–Trinajstić information content (AvgIpc) is 2.80. The molecule has 0 aliphatic rings. The number of aliphatic imine (C=N–C) groups is 1. The maximum absolute atomic E-state index is 5.63. The fourth-order valence-corrected chi connectivity index (χ4v) is 3.17. The second kappa shape index (κ2) is 10.5. The second-order valence-corrected chi connectivity index (χ2v) is 7.26. The van der Waals surface area contributed by atoms with E-state index in [0.717, 1.165) is 45.7 Å². The van der Waals surface area contributed by atoms with Crippen molar-refractivity contribution >= 4 is 22.4 Å². The van der Waals surface area contributed by atoms with Gasteiger partial charge in [0.25, 0.3) is 0 Å². The first-order valence-corrected chi connectivity index (χ1v) is 10.4. The zero-order chi connectivity index (χ0) is 22.2. The normalized spacial score (nSPS) is 12.5. The number of benzene rings is 1. The first kappa shape index (κ1) is 22.2. The molecule has 0 radical (unpaired) electrons. The van der Waals surface area contributed by atoms with Crippen LogP contribution in [0.1, 0.15) is 25.8 Å². The predicted molar refractivity (Wildman–Crippen MR) is 129 cm³/mol. The van der Waals surface area contributed by atoms with Gasteiger partial charge in [-0.05, 0) is 55.7 Å². The van der Waals surface area contributed by atoms with Gasteiger partial charge in [-0.25, -0.2) is 9.97 Å². The van der Waals surface area contributed by atoms with Crippen molar-refractivity contribution < 1.29 is 4.74 Å². The van der Waals surface area contributed by atoms with E-state index in [2.05, 4.69) is 56.5 Å². The van der Waals surface area contributed by atoms with E-state index in [-0.39, 0.29) is 0 Å². The average molecular weight is 416 g/mol. The Morgan fingerprint density at radius 2 is 2.00 bits per heavy atom. The molecule has 0 unspecified atom stereocenters. The van der Waals surface area contributed by atoms with E-state index in [0.29, 0.717) is 12.3 Å². The summed E-state index contributed by atoms with van der Waals surface area (Å²) in [6.45, 7) is 6.78. The number of rotatable bonds is 8. The Morgan fingerprint density at radius 1 is 1.16 bits per heavy atom. The number of fused-ring (bicyclic) bond motifs is 1. The van der Waals surface area contributed by atoms with Crippen LogP contribution in [0.2, 0.25) is 0 Å². The summed E-state index contributed by atoms with van der Waals surface area (Å²) >= 11 is 0. The highest BCUT2D eigenvalue weighted by atomic mass is 16.5. The highest BCUT2D eigenvalue weighted by molar-refractivity contribution is 5.96. The molecule has 0 saturated heterocycles. The molecule has 3 rings (SSSR count). The summed E-state index contributed by atoms with van der Waals surface area (Å²) < 4.78 is 5.63. The third-order valence-corrected chi connectivity index (χ3v) is 4.95. The van der Waals surface area contributed by atoms with Crippen molar-refractivity contribution in [2.75, 3.05) is 26.0 Å². The van der Waals surface area contributed by atoms with Gasteiger partial charge >= 0.3 is 0 Å². The van der Waals surface area contributed by atoms with Gasteiger partial charge in [0, 0.05) is 36.5 Å². The van der Waals surface area contributed by atoms with Crippen molar-refractivity contribution in [3.8, 4) is 17.0 Å². The van der Waals surface area contributed by atoms with Gasteiger partial charge in [-0.1, -0.05) is 25.1 Å². The quantitative estimate of drug-likeness (QED) is 0.394. The Labute approximate surface area is 183 Å². The first-order chi connectivity index (χ1) is 15.0. The molecule has 0 aliphatic heterocycles. The lowest BCUT2D eigenvalue weighted by Crippen LogP contribution is -2.07. The number of hydrogen-bond donors (Lipinski definition) is 1. The maximum Gasteiger partial charge on any atom is 0.145 e. The zero-order valence-corrected chi connectivity index (χ0v) is 18.8. The molecule has 0 fully saturated rings. The summed E-state index contributed by atoms with van der Waals surface area (Å²) in [6, 6.07) is 8.09. The van der Waals surface area contributed by atoms with Crippen LogP contribution in [-0.4, -0.2) is 41.4 Å². The van der Waals surface area contributed by atoms with Gasteiger partial charge in [-0.15, -0.1) is 0 Å². The smallest absolute Gasteiger partial charge is 0.145 e. The number of allylic oxidation sites excluding steroid dienone is 2. The SMILES string of the molecule is CC/C=C(/C=C\C(C)=NC)CNc1ncnc2c(OC)cc(-c3ccc(C)cn3)cc12. The van der Waals surface area contributed by atoms with Crippen molar-refractivity contribution in [3.63, 3.8) is 0 Å². The Bertz CT molecular complexity index is 1130. The van der Waals surface area contributed by atoms with E-state index in [4.69, 9.17) is 4.74 Å². The first-order valence-electron chi connectivity index (χ1n) is 10.4. The highest BCUT2D eigenvalue weighted by Crippen LogP contribution is 2.33. The van der Waals surface area contributed by atoms with Crippen LogP contribution in [0.4, 0.5) is 5.82 Å². The second-order valence-electron chi connectivity index (χ2n) is 7.26. The molecule has 2 aromatic heterocycles. The van der Waals surface area contributed by atoms with E-state index in [1.165, 1.54) is 5.57 Å². The van der Waals surface area contributed by atoms with Crippen LogP contribution in [0.3, 0.4) is 0 Å². The summed E-state index contributed by atoms with van der Waals surface area (Å²) in [5, 5.41) is 4.36. The van der Waals surface area contributed by atoms with Crippen molar-refractivity contribution in [1.82, 2.24) is 15.0 Å². The fraction of sp³-hybridized carbons (Fsp3) is 0.280. The lowest BCUT2D eigenvalue weighted by Gasteiger charge is -2.13. The van der Waals surface area contributed by atoms with Crippen LogP contribution in [0.25, 0.3) is 22.2 Å². The lowest BCUT2D eigenvalue weighted by atomic mass is 10.1. The molecule has 1 aromatic carbocycles. The van der Waals surface area contributed by atoms with E-state index in [9.17, 15) is 0 Å². The highest BCUT2D eigenvalue weighted by Gasteiger charge is 2.12. The van der Waals surface area contributed by atoms with Gasteiger partial charge < -0.3 is 10.1 Å².